The minimum absolute atomic E-state index is 0.123. The molecule has 5 aliphatic rings. The van der Waals surface area contributed by atoms with Crippen molar-refractivity contribution >= 4 is 0 Å². The molecule has 0 bridgehead atoms. The predicted molar refractivity (Wildman–Crippen MR) is 132 cm³/mol. The lowest BCUT2D eigenvalue weighted by Crippen LogP contribution is -2.67. The van der Waals surface area contributed by atoms with Crippen LogP contribution in [0.3, 0.4) is 0 Å². The van der Waals surface area contributed by atoms with Gasteiger partial charge in [0.15, 0.2) is 0 Å². The van der Waals surface area contributed by atoms with Crippen LogP contribution < -0.4 is 0 Å². The van der Waals surface area contributed by atoms with E-state index in [4.69, 9.17) is 0 Å². The Kier molecular flexibility index (Phi) is 5.19. The SMILES string of the molecule is C=C(C)C1CC[C@]2(C)CC[C@]3(C)[C@H](CC[C@H]4[C@@]5(C)CCC(O)[C@@](C)(CO)[C@@H]5CC[C@]43C)[C@@H]12. The third kappa shape index (κ3) is 2.66. The van der Waals surface area contributed by atoms with Gasteiger partial charge >= 0.3 is 0 Å². The Morgan fingerprint density at radius 1 is 0.812 bits per heavy atom. The van der Waals surface area contributed by atoms with Crippen LogP contribution in [0.2, 0.25) is 0 Å². The smallest absolute Gasteiger partial charge is 0.0618 e. The third-order valence-electron chi connectivity index (χ3n) is 13.6. The Morgan fingerprint density at radius 3 is 2.19 bits per heavy atom. The Hall–Kier alpha value is -0.340. The highest BCUT2D eigenvalue weighted by atomic mass is 16.3. The van der Waals surface area contributed by atoms with Crippen molar-refractivity contribution in [3.63, 3.8) is 0 Å². The van der Waals surface area contributed by atoms with E-state index in [0.29, 0.717) is 28.1 Å². The van der Waals surface area contributed by atoms with Gasteiger partial charge in [-0.2, -0.15) is 0 Å². The van der Waals surface area contributed by atoms with E-state index >= 15 is 0 Å². The molecule has 0 spiro atoms. The Morgan fingerprint density at radius 2 is 1.53 bits per heavy atom. The predicted octanol–water partition coefficient (Wildman–Crippen LogP) is 7.00. The molecule has 0 radical (unpaired) electrons. The summed E-state index contributed by atoms with van der Waals surface area (Å²) in [5, 5.41) is 21.3. The number of aliphatic hydroxyl groups excluding tert-OH is 2. The zero-order valence-corrected chi connectivity index (χ0v) is 21.8. The highest BCUT2D eigenvalue weighted by Crippen LogP contribution is 2.77. The maximum atomic E-state index is 10.9. The van der Waals surface area contributed by atoms with E-state index in [2.05, 4.69) is 48.1 Å². The number of allylic oxidation sites excluding steroid dienone is 1. The molecule has 0 amide bonds. The second kappa shape index (κ2) is 7.09. The normalized spacial score (nSPS) is 59.5. The van der Waals surface area contributed by atoms with Crippen molar-refractivity contribution in [3.05, 3.63) is 12.2 Å². The first-order valence-electron chi connectivity index (χ1n) is 13.8. The fourth-order valence-electron chi connectivity index (χ4n) is 11.5. The molecule has 5 saturated carbocycles. The van der Waals surface area contributed by atoms with Gasteiger partial charge < -0.3 is 10.2 Å². The second-order valence-electron chi connectivity index (χ2n) is 14.6. The molecule has 5 rings (SSSR count). The molecule has 0 aliphatic heterocycles. The molecule has 182 valence electrons. The van der Waals surface area contributed by atoms with Crippen LogP contribution >= 0.6 is 0 Å². The van der Waals surface area contributed by atoms with Crippen LogP contribution in [0.25, 0.3) is 0 Å². The van der Waals surface area contributed by atoms with Crippen molar-refractivity contribution in [2.75, 3.05) is 6.61 Å². The highest BCUT2D eigenvalue weighted by molar-refractivity contribution is 5.21. The summed E-state index contributed by atoms with van der Waals surface area (Å²) in [5.74, 6) is 3.51. The molecule has 2 heteroatoms. The van der Waals surface area contributed by atoms with Crippen LogP contribution in [0, 0.1) is 56.7 Å². The summed E-state index contributed by atoms with van der Waals surface area (Å²) in [5.41, 5.74) is 2.62. The number of rotatable bonds is 2. The first-order valence-corrected chi connectivity index (χ1v) is 13.8. The van der Waals surface area contributed by atoms with Crippen molar-refractivity contribution in [1.82, 2.24) is 0 Å². The van der Waals surface area contributed by atoms with Crippen LogP contribution in [0.15, 0.2) is 12.2 Å². The van der Waals surface area contributed by atoms with E-state index in [1.54, 1.807) is 0 Å². The van der Waals surface area contributed by atoms with Gasteiger partial charge in [0.05, 0.1) is 12.7 Å². The maximum Gasteiger partial charge on any atom is 0.0618 e. The van der Waals surface area contributed by atoms with Gasteiger partial charge in [-0.25, -0.2) is 0 Å². The molecule has 0 aromatic heterocycles. The molecule has 0 heterocycles. The zero-order valence-electron chi connectivity index (χ0n) is 21.8. The van der Waals surface area contributed by atoms with Gasteiger partial charge in [0, 0.05) is 5.41 Å². The number of fused-ring (bicyclic) bond motifs is 7. The average Bonchev–Trinajstić information content (AvgIpc) is 3.09. The molecule has 0 aromatic rings. The van der Waals surface area contributed by atoms with Crippen molar-refractivity contribution < 1.29 is 10.2 Å². The van der Waals surface area contributed by atoms with Crippen molar-refractivity contribution in [3.8, 4) is 0 Å². The Labute approximate surface area is 197 Å². The lowest BCUT2D eigenvalue weighted by molar-refractivity contribution is -0.253. The fraction of sp³-hybridized carbons (Fsp3) is 0.933. The highest BCUT2D eigenvalue weighted by Gasteiger charge is 2.70. The summed E-state index contributed by atoms with van der Waals surface area (Å²) in [6.07, 6.45) is 12.3. The van der Waals surface area contributed by atoms with Gasteiger partial charge in [0.2, 0.25) is 0 Å². The molecular weight excluding hydrogens is 392 g/mol. The van der Waals surface area contributed by atoms with Gasteiger partial charge in [-0.15, -0.1) is 0 Å². The first-order chi connectivity index (χ1) is 14.9. The maximum absolute atomic E-state index is 10.9. The first kappa shape index (κ1) is 23.4. The van der Waals surface area contributed by atoms with Crippen molar-refractivity contribution in [2.24, 2.45) is 56.7 Å². The lowest BCUT2D eigenvalue weighted by atomic mass is 9.32. The van der Waals surface area contributed by atoms with E-state index in [-0.39, 0.29) is 23.5 Å². The molecule has 5 fully saturated rings. The van der Waals surface area contributed by atoms with Crippen LogP contribution in [0.4, 0.5) is 0 Å². The van der Waals surface area contributed by atoms with E-state index in [1.807, 2.05) is 0 Å². The molecule has 5 aliphatic carbocycles. The summed E-state index contributed by atoms with van der Waals surface area (Å²) >= 11 is 0. The van der Waals surface area contributed by atoms with Gasteiger partial charge in [0.1, 0.15) is 0 Å². The average molecular weight is 443 g/mol. The summed E-state index contributed by atoms with van der Waals surface area (Å²) in [6.45, 7) is 19.6. The van der Waals surface area contributed by atoms with Crippen LogP contribution in [0.1, 0.15) is 106 Å². The van der Waals surface area contributed by atoms with Gasteiger partial charge in [-0.05, 0) is 122 Å². The van der Waals surface area contributed by atoms with Gasteiger partial charge in [-0.1, -0.05) is 46.8 Å². The standard InChI is InChI=1S/C30H50O2/c1-19(2)20-10-13-26(3)16-17-29(6)21(25(20)26)8-9-23-27(4)14-12-24(32)28(5,18-31)22(27)11-15-30(23,29)7/h20-25,31-32H,1,8-18H2,2-7H3/t20?,21-,22-,23+,24?,25-,26-,27+,28+,29-,30-/m1/s1. The number of aliphatic hydroxyl groups is 2. The molecule has 2 N–H and O–H groups in total. The Bertz CT molecular complexity index is 790. The van der Waals surface area contributed by atoms with E-state index in [1.165, 1.54) is 56.9 Å². The quantitative estimate of drug-likeness (QED) is 0.452. The summed E-state index contributed by atoms with van der Waals surface area (Å²) < 4.78 is 0. The lowest BCUT2D eigenvalue weighted by Gasteiger charge is -2.73. The van der Waals surface area contributed by atoms with Gasteiger partial charge in [-0.3, -0.25) is 0 Å². The molecular formula is C30H50O2. The topological polar surface area (TPSA) is 40.5 Å². The summed E-state index contributed by atoms with van der Waals surface area (Å²) in [7, 11) is 0. The van der Waals surface area contributed by atoms with Crippen LogP contribution in [0.5, 0.6) is 0 Å². The van der Waals surface area contributed by atoms with E-state index < -0.39 is 0 Å². The number of hydrogen-bond acceptors (Lipinski definition) is 2. The number of hydrogen-bond donors (Lipinski definition) is 2. The minimum Gasteiger partial charge on any atom is -0.396 e. The fourth-order valence-corrected chi connectivity index (χ4v) is 11.5. The van der Waals surface area contributed by atoms with Gasteiger partial charge in [0.25, 0.3) is 0 Å². The molecule has 2 nitrogen and oxygen atoms in total. The van der Waals surface area contributed by atoms with E-state index in [9.17, 15) is 10.2 Å². The molecule has 2 unspecified atom stereocenters. The van der Waals surface area contributed by atoms with Crippen molar-refractivity contribution in [1.29, 1.82) is 0 Å². The minimum atomic E-state index is -0.355. The monoisotopic (exact) mass is 442 g/mol. The van der Waals surface area contributed by atoms with Crippen LogP contribution in [-0.4, -0.2) is 22.9 Å². The molecule has 0 saturated heterocycles. The van der Waals surface area contributed by atoms with E-state index in [0.717, 1.165) is 30.6 Å². The third-order valence-corrected chi connectivity index (χ3v) is 13.6. The second-order valence-corrected chi connectivity index (χ2v) is 14.6. The zero-order chi connectivity index (χ0) is 23.3. The summed E-state index contributed by atoms with van der Waals surface area (Å²) in [4.78, 5) is 0. The summed E-state index contributed by atoms with van der Waals surface area (Å²) in [6, 6.07) is 0. The van der Waals surface area contributed by atoms with Crippen LogP contribution in [-0.2, 0) is 0 Å². The molecule has 0 aromatic carbocycles. The molecule has 32 heavy (non-hydrogen) atoms. The molecule has 11 atom stereocenters. The Balaban J connectivity index is 1.54. The largest absolute Gasteiger partial charge is 0.396 e. The van der Waals surface area contributed by atoms with Crippen molar-refractivity contribution in [2.45, 2.75) is 112 Å².